The van der Waals surface area contributed by atoms with Gasteiger partial charge in [0.25, 0.3) is 0 Å². The molecule has 1 aromatic heterocycles. The molecule has 2 unspecified atom stereocenters. The summed E-state index contributed by atoms with van der Waals surface area (Å²) < 4.78 is 12.9. The van der Waals surface area contributed by atoms with Crippen molar-refractivity contribution in [2.24, 2.45) is 0 Å². The fourth-order valence-corrected chi connectivity index (χ4v) is 2.89. The first-order chi connectivity index (χ1) is 8.99. The van der Waals surface area contributed by atoms with Crippen LogP contribution in [0.2, 0.25) is 0 Å². The van der Waals surface area contributed by atoms with Crippen molar-refractivity contribution in [3.8, 4) is 0 Å². The molecule has 1 aliphatic heterocycles. The first-order valence-electron chi connectivity index (χ1n) is 6.60. The molecule has 2 heterocycles. The highest BCUT2D eigenvalue weighted by atomic mass is 19.1. The van der Waals surface area contributed by atoms with Crippen molar-refractivity contribution in [1.29, 1.82) is 0 Å². The average molecular weight is 266 g/mol. The number of carbonyl (C=O) groups is 1. The summed E-state index contributed by atoms with van der Waals surface area (Å²) in [5.41, 5.74) is -0.116. The van der Waals surface area contributed by atoms with Crippen molar-refractivity contribution in [3.63, 3.8) is 0 Å². The molecule has 2 atom stereocenters. The first-order valence-corrected chi connectivity index (χ1v) is 6.60. The molecule has 0 saturated carbocycles. The highest BCUT2D eigenvalue weighted by Gasteiger charge is 2.46. The minimum absolute atomic E-state index is 0.0794. The molecule has 0 amide bonds. The molecule has 104 valence electrons. The zero-order chi connectivity index (χ0) is 14.0. The molecule has 0 radical (unpaired) electrons. The Bertz CT molecular complexity index is 463. The molecule has 0 aromatic carbocycles. The molecule has 1 N–H and O–H groups in total. The number of aliphatic carboxylic acids is 1. The van der Waals surface area contributed by atoms with Crippen molar-refractivity contribution >= 4 is 5.97 Å². The number of carboxylic acids is 1. The second-order valence-electron chi connectivity index (χ2n) is 5.20. The Labute approximate surface area is 112 Å². The molecule has 0 spiro atoms. The Morgan fingerprint density at radius 1 is 1.63 bits per heavy atom. The zero-order valence-electron chi connectivity index (χ0n) is 11.3. The van der Waals surface area contributed by atoms with Crippen molar-refractivity contribution < 1.29 is 14.3 Å². The molecular formula is C14H19FN2O2. The van der Waals surface area contributed by atoms with Gasteiger partial charge in [-0.05, 0) is 44.9 Å². The fraction of sp³-hybridized carbons (Fsp3) is 0.571. The van der Waals surface area contributed by atoms with Crippen molar-refractivity contribution in [2.45, 2.75) is 44.7 Å². The van der Waals surface area contributed by atoms with Crippen LogP contribution in [-0.4, -0.2) is 33.0 Å². The van der Waals surface area contributed by atoms with Gasteiger partial charge in [-0.25, -0.2) is 4.39 Å². The summed E-state index contributed by atoms with van der Waals surface area (Å²) in [5.74, 6) is -1.17. The number of pyridine rings is 1. The predicted molar refractivity (Wildman–Crippen MR) is 69.2 cm³/mol. The summed E-state index contributed by atoms with van der Waals surface area (Å²) in [6, 6.07) is 2.94. The Hall–Kier alpha value is -1.49. The molecule has 1 aromatic rings. The summed E-state index contributed by atoms with van der Waals surface area (Å²) in [6.07, 6.45) is 3.44. The minimum Gasteiger partial charge on any atom is -0.480 e. The maximum atomic E-state index is 12.9. The Balaban J connectivity index is 2.31. The maximum Gasteiger partial charge on any atom is 0.323 e. The quantitative estimate of drug-likeness (QED) is 0.910. The normalized spacial score (nSPS) is 25.4. The van der Waals surface area contributed by atoms with Crippen LogP contribution >= 0.6 is 0 Å². The lowest BCUT2D eigenvalue weighted by molar-refractivity contribution is -0.150. The molecule has 1 aliphatic rings. The maximum absolute atomic E-state index is 12.9. The third-order valence-electron chi connectivity index (χ3n) is 4.01. The number of nitrogens with zero attached hydrogens (tertiary/aromatic N) is 2. The van der Waals surface area contributed by atoms with E-state index >= 15 is 0 Å². The van der Waals surface area contributed by atoms with Gasteiger partial charge in [0.15, 0.2) is 0 Å². The lowest BCUT2D eigenvalue weighted by atomic mass is 9.96. The molecule has 1 fully saturated rings. The van der Waals surface area contributed by atoms with Gasteiger partial charge < -0.3 is 5.11 Å². The van der Waals surface area contributed by atoms with Crippen LogP contribution in [0.15, 0.2) is 18.3 Å². The molecular weight excluding hydrogens is 247 g/mol. The summed E-state index contributed by atoms with van der Waals surface area (Å²) in [4.78, 5) is 17.6. The van der Waals surface area contributed by atoms with E-state index in [1.807, 2.05) is 11.8 Å². The van der Waals surface area contributed by atoms with Gasteiger partial charge in [-0.3, -0.25) is 14.7 Å². The van der Waals surface area contributed by atoms with E-state index in [0.717, 1.165) is 25.1 Å². The van der Waals surface area contributed by atoms with Crippen molar-refractivity contribution in [3.05, 3.63) is 29.8 Å². The number of aromatic nitrogens is 1. The smallest absolute Gasteiger partial charge is 0.323 e. The van der Waals surface area contributed by atoms with Crippen LogP contribution < -0.4 is 0 Å². The Morgan fingerprint density at radius 3 is 2.89 bits per heavy atom. The van der Waals surface area contributed by atoms with E-state index in [1.165, 1.54) is 12.3 Å². The minimum atomic E-state index is -0.850. The van der Waals surface area contributed by atoms with Crippen LogP contribution in [0.1, 0.15) is 44.8 Å². The summed E-state index contributed by atoms with van der Waals surface area (Å²) in [6.45, 7) is 4.49. The third-order valence-corrected chi connectivity index (χ3v) is 4.01. The molecule has 0 bridgehead atoms. The summed E-state index contributed by atoms with van der Waals surface area (Å²) in [5, 5.41) is 9.46. The van der Waals surface area contributed by atoms with Gasteiger partial charge in [-0.15, -0.1) is 0 Å². The predicted octanol–water partition coefficient (Wildman–Crippen LogP) is 2.61. The third kappa shape index (κ3) is 2.47. The SMILES string of the molecule is CCC(c1ccc(F)cn1)N1CCCC1(C)C(=O)O. The van der Waals surface area contributed by atoms with Crippen molar-refractivity contribution in [1.82, 2.24) is 9.88 Å². The second-order valence-corrected chi connectivity index (χ2v) is 5.20. The van der Waals surface area contributed by atoms with Gasteiger partial charge in [-0.2, -0.15) is 0 Å². The number of rotatable bonds is 4. The van der Waals surface area contributed by atoms with Gasteiger partial charge in [0.2, 0.25) is 0 Å². The molecule has 1 saturated heterocycles. The first kappa shape index (κ1) is 13.9. The van der Waals surface area contributed by atoms with Gasteiger partial charge in [0.05, 0.1) is 17.9 Å². The highest BCUT2D eigenvalue weighted by Crippen LogP contribution is 2.37. The lowest BCUT2D eigenvalue weighted by Crippen LogP contribution is -2.49. The van der Waals surface area contributed by atoms with Gasteiger partial charge >= 0.3 is 5.97 Å². The van der Waals surface area contributed by atoms with Gasteiger partial charge in [-0.1, -0.05) is 6.92 Å². The van der Waals surface area contributed by atoms with E-state index in [4.69, 9.17) is 0 Å². The molecule has 4 nitrogen and oxygen atoms in total. The van der Waals surface area contributed by atoms with Crippen LogP contribution in [0.25, 0.3) is 0 Å². The Morgan fingerprint density at radius 2 is 2.37 bits per heavy atom. The van der Waals surface area contributed by atoms with Gasteiger partial charge in [0, 0.05) is 0 Å². The van der Waals surface area contributed by atoms with E-state index in [-0.39, 0.29) is 11.9 Å². The van der Waals surface area contributed by atoms with Crippen LogP contribution in [-0.2, 0) is 4.79 Å². The van der Waals surface area contributed by atoms with E-state index in [1.54, 1.807) is 13.0 Å². The lowest BCUT2D eigenvalue weighted by Gasteiger charge is -2.37. The highest BCUT2D eigenvalue weighted by molar-refractivity contribution is 5.78. The van der Waals surface area contributed by atoms with E-state index in [2.05, 4.69) is 4.98 Å². The van der Waals surface area contributed by atoms with E-state index < -0.39 is 11.5 Å². The largest absolute Gasteiger partial charge is 0.480 e. The second kappa shape index (κ2) is 5.25. The topological polar surface area (TPSA) is 53.4 Å². The van der Waals surface area contributed by atoms with Crippen LogP contribution in [0.3, 0.4) is 0 Å². The molecule has 19 heavy (non-hydrogen) atoms. The summed E-state index contributed by atoms with van der Waals surface area (Å²) >= 11 is 0. The number of hydrogen-bond acceptors (Lipinski definition) is 3. The number of carboxylic acid groups (broad SMARTS) is 1. The summed E-state index contributed by atoms with van der Waals surface area (Å²) in [7, 11) is 0. The molecule has 5 heteroatoms. The standard InChI is InChI=1S/C14H19FN2O2/c1-3-12(11-6-5-10(15)9-16-11)17-8-4-7-14(17,2)13(18)19/h5-6,9,12H,3-4,7-8H2,1-2H3,(H,18,19). The molecule has 0 aliphatic carbocycles. The van der Waals surface area contributed by atoms with Crippen LogP contribution in [0.5, 0.6) is 0 Å². The van der Waals surface area contributed by atoms with E-state index in [0.29, 0.717) is 6.42 Å². The van der Waals surface area contributed by atoms with Crippen LogP contribution in [0.4, 0.5) is 4.39 Å². The van der Waals surface area contributed by atoms with Crippen LogP contribution in [0, 0.1) is 5.82 Å². The van der Waals surface area contributed by atoms with Gasteiger partial charge in [0.1, 0.15) is 11.4 Å². The monoisotopic (exact) mass is 266 g/mol. The number of halogens is 1. The fourth-order valence-electron chi connectivity index (χ4n) is 2.89. The van der Waals surface area contributed by atoms with E-state index in [9.17, 15) is 14.3 Å². The number of hydrogen-bond donors (Lipinski definition) is 1. The number of likely N-dealkylation sites (tertiary alicyclic amines) is 1. The zero-order valence-corrected chi connectivity index (χ0v) is 11.3. The van der Waals surface area contributed by atoms with Crippen molar-refractivity contribution in [2.75, 3.05) is 6.54 Å². The average Bonchev–Trinajstić information content (AvgIpc) is 2.77. The molecule has 2 rings (SSSR count). The Kier molecular flexibility index (Phi) is 3.85.